The van der Waals surface area contributed by atoms with Crippen molar-refractivity contribution in [1.82, 2.24) is 0 Å². The molecule has 0 spiro atoms. The summed E-state index contributed by atoms with van der Waals surface area (Å²) in [6.07, 6.45) is 0. The van der Waals surface area contributed by atoms with Gasteiger partial charge in [-0.25, -0.2) is 0 Å². The van der Waals surface area contributed by atoms with Crippen LogP contribution in [0.15, 0.2) is 170 Å². The van der Waals surface area contributed by atoms with Crippen molar-refractivity contribution < 1.29 is 0 Å². The van der Waals surface area contributed by atoms with Crippen LogP contribution in [0.1, 0.15) is 49.9 Å². The summed E-state index contributed by atoms with van der Waals surface area (Å²) in [6.45, 7) is 9.63. The van der Waals surface area contributed by atoms with Crippen molar-refractivity contribution in [1.29, 1.82) is 0 Å². The van der Waals surface area contributed by atoms with Gasteiger partial charge in [-0.05, 0) is 128 Å². The molecule has 0 fully saturated rings. The first-order valence-corrected chi connectivity index (χ1v) is 19.3. The summed E-state index contributed by atoms with van der Waals surface area (Å²) in [4.78, 5) is 0. The van der Waals surface area contributed by atoms with Crippen molar-refractivity contribution in [2.75, 3.05) is 0 Å². The molecule has 0 saturated heterocycles. The lowest BCUT2D eigenvalue weighted by Crippen LogP contribution is -2.18. The Hall–Kier alpha value is -6.24. The maximum Gasteiger partial charge on any atom is 0.0165 e. The Bertz CT molecular complexity index is 2970. The minimum atomic E-state index is -0.0894. The smallest absolute Gasteiger partial charge is 0.0165 e. The highest BCUT2D eigenvalue weighted by atomic mass is 14.5. The first kappa shape index (κ1) is 31.3. The molecule has 9 aromatic carbocycles. The van der Waals surface area contributed by atoms with Crippen LogP contribution >= 0.6 is 0 Å². The summed E-state index contributed by atoms with van der Waals surface area (Å²) in [6, 6.07) is 63.7. The molecule has 0 N–H and O–H groups in total. The van der Waals surface area contributed by atoms with Gasteiger partial charge in [-0.1, -0.05) is 179 Å². The van der Waals surface area contributed by atoms with Gasteiger partial charge in [0.2, 0.25) is 0 Å². The Morgan fingerprint density at radius 1 is 0.296 bits per heavy atom. The zero-order chi connectivity index (χ0) is 36.3. The van der Waals surface area contributed by atoms with Crippen molar-refractivity contribution in [2.24, 2.45) is 0 Å². The van der Waals surface area contributed by atoms with Crippen LogP contribution in [0.3, 0.4) is 0 Å². The van der Waals surface area contributed by atoms with Crippen LogP contribution in [-0.4, -0.2) is 0 Å². The minimum absolute atomic E-state index is 0.0483. The molecule has 0 atom stereocenters. The highest BCUT2D eigenvalue weighted by molar-refractivity contribution is 6.21. The van der Waals surface area contributed by atoms with E-state index in [0.717, 1.165) is 0 Å². The molecule has 0 bridgehead atoms. The summed E-state index contributed by atoms with van der Waals surface area (Å²) in [5, 5.41) is 7.64. The summed E-state index contributed by atoms with van der Waals surface area (Å²) in [7, 11) is 0. The monoisotopic (exact) mass is 688 g/mol. The van der Waals surface area contributed by atoms with Crippen LogP contribution in [0, 0.1) is 0 Å². The number of benzene rings is 9. The van der Waals surface area contributed by atoms with E-state index >= 15 is 0 Å². The van der Waals surface area contributed by atoms with E-state index in [4.69, 9.17) is 0 Å². The van der Waals surface area contributed by atoms with E-state index in [-0.39, 0.29) is 10.8 Å². The summed E-state index contributed by atoms with van der Waals surface area (Å²) in [5.74, 6) is 0. The quantitative estimate of drug-likeness (QED) is 0.162. The molecule has 2 aliphatic carbocycles. The van der Waals surface area contributed by atoms with Gasteiger partial charge in [0.1, 0.15) is 0 Å². The van der Waals surface area contributed by atoms with Crippen molar-refractivity contribution in [3.63, 3.8) is 0 Å². The van der Waals surface area contributed by atoms with E-state index < -0.39 is 0 Å². The van der Waals surface area contributed by atoms with Crippen LogP contribution < -0.4 is 0 Å². The van der Waals surface area contributed by atoms with Crippen molar-refractivity contribution >= 4 is 32.3 Å². The average molecular weight is 689 g/mol. The summed E-state index contributed by atoms with van der Waals surface area (Å²) < 4.78 is 0. The lowest BCUT2D eigenvalue weighted by molar-refractivity contribution is 0.647. The molecular weight excluding hydrogens is 649 g/mol. The number of hydrogen-bond donors (Lipinski definition) is 0. The van der Waals surface area contributed by atoms with Crippen molar-refractivity contribution in [3.05, 3.63) is 192 Å². The third-order valence-corrected chi connectivity index (χ3v) is 12.8. The fourth-order valence-electron chi connectivity index (χ4n) is 10.2. The lowest BCUT2D eigenvalue weighted by atomic mass is 9.77. The number of rotatable bonds is 3. The molecule has 0 radical (unpaired) electrons. The van der Waals surface area contributed by atoms with Gasteiger partial charge in [-0.3, -0.25) is 0 Å². The molecular formula is C54H40. The third kappa shape index (κ3) is 4.26. The summed E-state index contributed by atoms with van der Waals surface area (Å²) in [5.41, 5.74) is 18.9. The maximum atomic E-state index is 2.47. The standard InChI is InChI=1S/C54H40/c1-53(2)47-29-28-44-39-16-12-13-21-46(39)54(3,4)52(44)51(47)45-27-26-37(32-48(45)53)35-22-23-36-31-38(25-24-34(36)30-35)50-42-19-10-8-17-40(42)49(33-14-6-5-7-15-33)41-18-9-11-20-43(41)50/h5-32H,1-4H3. The van der Waals surface area contributed by atoms with Gasteiger partial charge in [0, 0.05) is 10.8 Å². The van der Waals surface area contributed by atoms with Crippen LogP contribution in [0.4, 0.5) is 0 Å². The van der Waals surface area contributed by atoms with Gasteiger partial charge in [-0.2, -0.15) is 0 Å². The van der Waals surface area contributed by atoms with E-state index in [9.17, 15) is 0 Å². The second-order valence-corrected chi connectivity index (χ2v) is 16.5. The molecule has 0 aliphatic heterocycles. The SMILES string of the molecule is CC1(C)c2cc(-c3ccc4cc(-c5c6ccccc6c(-c6ccccc6)c6ccccc56)ccc4c3)ccc2-c2c1ccc1c2C(C)(C)c2ccccc2-1. The van der Waals surface area contributed by atoms with Gasteiger partial charge in [0.05, 0.1) is 0 Å². The highest BCUT2D eigenvalue weighted by Gasteiger charge is 2.44. The molecule has 256 valence electrons. The Kier molecular flexibility index (Phi) is 6.46. The first-order valence-electron chi connectivity index (χ1n) is 19.3. The normalized spacial score (nSPS) is 14.6. The van der Waals surface area contributed by atoms with E-state index in [0.29, 0.717) is 0 Å². The molecule has 11 rings (SSSR count). The van der Waals surface area contributed by atoms with Crippen LogP contribution in [0.2, 0.25) is 0 Å². The zero-order valence-electron chi connectivity index (χ0n) is 31.2. The van der Waals surface area contributed by atoms with Gasteiger partial charge >= 0.3 is 0 Å². The zero-order valence-corrected chi connectivity index (χ0v) is 31.2. The molecule has 0 unspecified atom stereocenters. The van der Waals surface area contributed by atoms with Crippen LogP contribution in [-0.2, 0) is 10.8 Å². The third-order valence-electron chi connectivity index (χ3n) is 12.8. The van der Waals surface area contributed by atoms with E-state index in [1.165, 1.54) is 110 Å². The molecule has 0 amide bonds. The molecule has 0 nitrogen and oxygen atoms in total. The Labute approximate surface area is 317 Å². The lowest BCUT2D eigenvalue weighted by Gasteiger charge is -2.26. The van der Waals surface area contributed by atoms with E-state index in [1.54, 1.807) is 0 Å². The number of fused-ring (bicyclic) bond motifs is 10. The second kappa shape index (κ2) is 11.1. The van der Waals surface area contributed by atoms with E-state index in [2.05, 4.69) is 198 Å². The second-order valence-electron chi connectivity index (χ2n) is 16.5. The largest absolute Gasteiger partial charge is 0.0622 e. The number of hydrogen-bond acceptors (Lipinski definition) is 0. The Morgan fingerprint density at radius 3 is 1.50 bits per heavy atom. The molecule has 2 aliphatic rings. The molecule has 0 saturated carbocycles. The first-order chi connectivity index (χ1) is 26.3. The summed E-state index contributed by atoms with van der Waals surface area (Å²) >= 11 is 0. The van der Waals surface area contributed by atoms with Gasteiger partial charge < -0.3 is 0 Å². The van der Waals surface area contributed by atoms with Crippen molar-refractivity contribution in [2.45, 2.75) is 38.5 Å². The maximum absolute atomic E-state index is 2.47. The molecule has 9 aromatic rings. The predicted molar refractivity (Wildman–Crippen MR) is 230 cm³/mol. The molecule has 0 heterocycles. The molecule has 0 heteroatoms. The van der Waals surface area contributed by atoms with Crippen LogP contribution in [0.25, 0.3) is 88.0 Å². The van der Waals surface area contributed by atoms with Crippen LogP contribution in [0.5, 0.6) is 0 Å². The minimum Gasteiger partial charge on any atom is -0.0622 e. The topological polar surface area (TPSA) is 0 Å². The average Bonchev–Trinajstić information content (AvgIpc) is 3.59. The highest BCUT2D eigenvalue weighted by Crippen LogP contribution is 2.59. The van der Waals surface area contributed by atoms with Gasteiger partial charge in [-0.15, -0.1) is 0 Å². The Balaban J connectivity index is 1.02. The predicted octanol–water partition coefficient (Wildman–Crippen LogP) is 14.8. The Morgan fingerprint density at radius 2 is 0.815 bits per heavy atom. The van der Waals surface area contributed by atoms with Gasteiger partial charge in [0.15, 0.2) is 0 Å². The molecule has 54 heavy (non-hydrogen) atoms. The fraction of sp³-hybridized carbons (Fsp3) is 0.111. The van der Waals surface area contributed by atoms with E-state index in [1.807, 2.05) is 0 Å². The molecule has 0 aromatic heterocycles. The van der Waals surface area contributed by atoms with Crippen molar-refractivity contribution in [3.8, 4) is 55.6 Å². The fourth-order valence-corrected chi connectivity index (χ4v) is 10.2. The van der Waals surface area contributed by atoms with Gasteiger partial charge in [0.25, 0.3) is 0 Å².